The first-order chi connectivity index (χ1) is 12.6. The van der Waals surface area contributed by atoms with Gasteiger partial charge in [-0.25, -0.2) is 0 Å². The molecule has 0 heterocycles. The van der Waals surface area contributed by atoms with E-state index in [-0.39, 0.29) is 10.8 Å². The second-order valence-corrected chi connectivity index (χ2v) is 10.2. The third kappa shape index (κ3) is 5.29. The molecule has 27 heavy (non-hydrogen) atoms. The van der Waals surface area contributed by atoms with Crippen molar-refractivity contribution >= 4 is 11.6 Å². The van der Waals surface area contributed by atoms with Crippen molar-refractivity contribution in [1.29, 1.82) is 0 Å². The van der Waals surface area contributed by atoms with Gasteiger partial charge >= 0.3 is 0 Å². The Morgan fingerprint density at radius 3 is 2.33 bits per heavy atom. The Hall–Kier alpha value is -1.47. The summed E-state index contributed by atoms with van der Waals surface area (Å²) in [6, 6.07) is 16.9. The third-order valence-electron chi connectivity index (χ3n) is 5.90. The molecule has 2 heteroatoms. The summed E-state index contributed by atoms with van der Waals surface area (Å²) in [7, 11) is 0. The first-order valence-corrected chi connectivity index (χ1v) is 10.5. The highest BCUT2D eigenvalue weighted by Crippen LogP contribution is 2.39. The summed E-state index contributed by atoms with van der Waals surface area (Å²) in [5, 5.41) is 0.826. The molecule has 0 spiro atoms. The fourth-order valence-corrected chi connectivity index (χ4v) is 4.49. The Labute approximate surface area is 170 Å². The average molecular weight is 385 g/mol. The number of halogens is 1. The molecule has 1 aliphatic carbocycles. The van der Waals surface area contributed by atoms with Crippen LogP contribution in [0, 0.1) is 5.92 Å². The maximum absolute atomic E-state index is 6.36. The molecule has 2 atom stereocenters. The van der Waals surface area contributed by atoms with E-state index in [9.17, 15) is 0 Å². The van der Waals surface area contributed by atoms with E-state index >= 15 is 0 Å². The van der Waals surface area contributed by atoms with Crippen LogP contribution in [-0.2, 0) is 10.8 Å². The third-order valence-corrected chi connectivity index (χ3v) is 6.14. The van der Waals surface area contributed by atoms with Crippen LogP contribution in [0.1, 0.15) is 71.4 Å². The zero-order valence-corrected chi connectivity index (χ0v) is 18.1. The molecule has 146 valence electrons. The van der Waals surface area contributed by atoms with Gasteiger partial charge in [0.1, 0.15) is 5.75 Å². The first-order valence-electron chi connectivity index (χ1n) is 10.2. The van der Waals surface area contributed by atoms with Crippen LogP contribution in [0.4, 0.5) is 0 Å². The normalized spacial score (nSPS) is 20.7. The van der Waals surface area contributed by atoms with Crippen molar-refractivity contribution in [2.45, 2.75) is 77.2 Å². The molecule has 0 amide bonds. The van der Waals surface area contributed by atoms with E-state index in [1.54, 1.807) is 0 Å². The highest BCUT2D eigenvalue weighted by Gasteiger charge is 2.32. The minimum absolute atomic E-state index is 0.136. The molecule has 1 fully saturated rings. The first kappa shape index (κ1) is 20.3. The predicted octanol–water partition coefficient (Wildman–Crippen LogP) is 7.55. The zero-order chi connectivity index (χ0) is 19.7. The minimum atomic E-state index is 0.136. The lowest BCUT2D eigenvalue weighted by Crippen LogP contribution is -2.21. The zero-order valence-electron chi connectivity index (χ0n) is 17.4. The predicted molar refractivity (Wildman–Crippen MR) is 116 cm³/mol. The van der Waals surface area contributed by atoms with Crippen molar-refractivity contribution in [3.63, 3.8) is 0 Å². The van der Waals surface area contributed by atoms with Crippen molar-refractivity contribution in [2.24, 2.45) is 5.92 Å². The summed E-state index contributed by atoms with van der Waals surface area (Å²) in [6.07, 6.45) is 5.04. The van der Waals surface area contributed by atoms with Gasteiger partial charge in [-0.1, -0.05) is 70.5 Å². The van der Waals surface area contributed by atoms with E-state index in [1.807, 2.05) is 6.07 Å². The molecule has 2 unspecified atom stereocenters. The summed E-state index contributed by atoms with van der Waals surface area (Å²) in [4.78, 5) is 0. The van der Waals surface area contributed by atoms with E-state index in [1.165, 1.54) is 24.0 Å². The van der Waals surface area contributed by atoms with E-state index in [0.29, 0.717) is 12.0 Å². The molecule has 2 aromatic carbocycles. The molecular formula is C25H33ClO. The van der Waals surface area contributed by atoms with Crippen molar-refractivity contribution in [3.05, 3.63) is 64.7 Å². The van der Waals surface area contributed by atoms with Gasteiger partial charge < -0.3 is 4.74 Å². The van der Waals surface area contributed by atoms with Gasteiger partial charge in [0.05, 0.1) is 6.10 Å². The van der Waals surface area contributed by atoms with Crippen LogP contribution in [0.3, 0.4) is 0 Å². The van der Waals surface area contributed by atoms with Gasteiger partial charge in [0, 0.05) is 5.02 Å². The highest BCUT2D eigenvalue weighted by atomic mass is 35.5. The Morgan fingerprint density at radius 2 is 1.63 bits per heavy atom. The van der Waals surface area contributed by atoms with Crippen LogP contribution in [-0.4, -0.2) is 6.10 Å². The Bertz CT molecular complexity index is 772. The van der Waals surface area contributed by atoms with E-state index in [0.717, 1.165) is 23.6 Å². The van der Waals surface area contributed by atoms with Crippen LogP contribution < -0.4 is 4.74 Å². The number of rotatable bonds is 5. The maximum Gasteiger partial charge on any atom is 0.120 e. The number of ether oxygens (including phenoxy) is 1. The largest absolute Gasteiger partial charge is 0.490 e. The van der Waals surface area contributed by atoms with Gasteiger partial charge in [-0.15, -0.1) is 0 Å². The number of benzene rings is 2. The second-order valence-electron chi connectivity index (χ2n) is 9.80. The molecule has 3 rings (SSSR count). The molecular weight excluding hydrogens is 352 g/mol. The van der Waals surface area contributed by atoms with E-state index < -0.39 is 0 Å². The lowest BCUT2D eigenvalue weighted by Gasteiger charge is -2.29. The van der Waals surface area contributed by atoms with Gasteiger partial charge in [0.15, 0.2) is 0 Å². The van der Waals surface area contributed by atoms with Crippen LogP contribution in [0.25, 0.3) is 0 Å². The number of hydrogen-bond acceptors (Lipinski definition) is 1. The van der Waals surface area contributed by atoms with E-state index in [2.05, 4.69) is 77.1 Å². The number of hydrogen-bond donors (Lipinski definition) is 0. The standard InChI is InChI=1S/C25H33ClO/c1-24(2,3)19-8-7-11-22(16-19)27-23-13-12-18(14-23)17-25(4,5)20-9-6-10-21(26)15-20/h6-11,15-16,18,23H,12-14,17H2,1-5H3. The molecule has 1 aliphatic rings. The Kier molecular flexibility index (Phi) is 5.91. The molecule has 1 nitrogen and oxygen atoms in total. The van der Waals surface area contributed by atoms with Gasteiger partial charge in [-0.3, -0.25) is 0 Å². The van der Waals surface area contributed by atoms with Gasteiger partial charge in [-0.05, 0) is 77.8 Å². The van der Waals surface area contributed by atoms with Gasteiger partial charge in [0.25, 0.3) is 0 Å². The fourth-order valence-electron chi connectivity index (χ4n) is 4.30. The maximum atomic E-state index is 6.36. The quantitative estimate of drug-likeness (QED) is 0.516. The topological polar surface area (TPSA) is 9.23 Å². The van der Waals surface area contributed by atoms with Crippen molar-refractivity contribution in [1.82, 2.24) is 0 Å². The van der Waals surface area contributed by atoms with Crippen molar-refractivity contribution < 1.29 is 4.74 Å². The molecule has 0 radical (unpaired) electrons. The summed E-state index contributed by atoms with van der Waals surface area (Å²) in [5.41, 5.74) is 2.95. The van der Waals surface area contributed by atoms with E-state index in [4.69, 9.17) is 16.3 Å². The molecule has 0 aliphatic heterocycles. The smallest absolute Gasteiger partial charge is 0.120 e. The lowest BCUT2D eigenvalue weighted by molar-refractivity contribution is 0.200. The summed E-state index contributed by atoms with van der Waals surface area (Å²) in [5.74, 6) is 1.72. The van der Waals surface area contributed by atoms with Crippen molar-refractivity contribution in [2.75, 3.05) is 0 Å². The highest BCUT2D eigenvalue weighted by molar-refractivity contribution is 6.30. The minimum Gasteiger partial charge on any atom is -0.490 e. The molecule has 0 aromatic heterocycles. The van der Waals surface area contributed by atoms with Gasteiger partial charge in [0.2, 0.25) is 0 Å². The molecule has 0 saturated heterocycles. The summed E-state index contributed by atoms with van der Waals surface area (Å²) >= 11 is 6.21. The summed E-state index contributed by atoms with van der Waals surface area (Å²) < 4.78 is 6.36. The average Bonchev–Trinajstić information content (AvgIpc) is 3.00. The molecule has 0 bridgehead atoms. The van der Waals surface area contributed by atoms with Crippen molar-refractivity contribution in [3.8, 4) is 5.75 Å². The lowest BCUT2D eigenvalue weighted by atomic mass is 9.76. The molecule has 1 saturated carbocycles. The van der Waals surface area contributed by atoms with Crippen LogP contribution in [0.15, 0.2) is 48.5 Å². The fraction of sp³-hybridized carbons (Fsp3) is 0.520. The second kappa shape index (κ2) is 7.87. The SMILES string of the molecule is CC(C)(C)c1cccc(OC2CCC(CC(C)(C)c3cccc(Cl)c3)C2)c1. The van der Waals surface area contributed by atoms with Crippen LogP contribution >= 0.6 is 11.6 Å². The van der Waals surface area contributed by atoms with Crippen LogP contribution in [0.5, 0.6) is 5.75 Å². The van der Waals surface area contributed by atoms with Crippen LogP contribution in [0.2, 0.25) is 5.02 Å². The monoisotopic (exact) mass is 384 g/mol. The molecule has 0 N–H and O–H groups in total. The summed E-state index contributed by atoms with van der Waals surface area (Å²) in [6.45, 7) is 11.4. The molecule has 2 aromatic rings. The van der Waals surface area contributed by atoms with Gasteiger partial charge in [-0.2, -0.15) is 0 Å². The Balaban J connectivity index is 1.60. The Morgan fingerprint density at radius 1 is 0.926 bits per heavy atom.